The van der Waals surface area contributed by atoms with Gasteiger partial charge in [-0.05, 0) is 36.5 Å². The first kappa shape index (κ1) is 12.7. The molecule has 15 heavy (non-hydrogen) atoms. The van der Waals surface area contributed by atoms with Gasteiger partial charge in [0.05, 0.1) is 12.7 Å². The molecule has 0 aliphatic rings. The summed E-state index contributed by atoms with van der Waals surface area (Å²) in [4.78, 5) is 0. The minimum absolute atomic E-state index is 0.169. The summed E-state index contributed by atoms with van der Waals surface area (Å²) >= 11 is 3.49. The molecule has 0 amide bonds. The predicted molar refractivity (Wildman–Crippen MR) is 65.0 cm³/mol. The van der Waals surface area contributed by atoms with E-state index in [2.05, 4.69) is 35.8 Å². The van der Waals surface area contributed by atoms with Gasteiger partial charge in [0.1, 0.15) is 0 Å². The molecule has 0 saturated carbocycles. The van der Waals surface area contributed by atoms with Gasteiger partial charge < -0.3 is 10.2 Å². The lowest BCUT2D eigenvalue weighted by Gasteiger charge is -2.17. The first-order chi connectivity index (χ1) is 7.06. The molecule has 2 N–H and O–H groups in total. The summed E-state index contributed by atoms with van der Waals surface area (Å²) < 4.78 is 1.09. The maximum absolute atomic E-state index is 9.39. The molecule has 0 heterocycles. The molecule has 3 heteroatoms. The third-order valence-electron chi connectivity index (χ3n) is 2.68. The van der Waals surface area contributed by atoms with Gasteiger partial charge in [-0.2, -0.15) is 0 Å². The van der Waals surface area contributed by atoms with Crippen LogP contribution >= 0.6 is 15.9 Å². The topological polar surface area (TPSA) is 40.5 Å². The highest BCUT2D eigenvalue weighted by Gasteiger charge is 2.14. The van der Waals surface area contributed by atoms with Crippen molar-refractivity contribution in [1.29, 1.82) is 0 Å². The minimum Gasteiger partial charge on any atom is -0.394 e. The lowest BCUT2D eigenvalue weighted by Crippen LogP contribution is -2.15. The Morgan fingerprint density at radius 2 is 2.07 bits per heavy atom. The normalized spacial score (nSPS) is 15.0. The van der Waals surface area contributed by atoms with Gasteiger partial charge in [0.25, 0.3) is 0 Å². The molecule has 0 aliphatic heterocycles. The number of hydrogen-bond donors (Lipinski definition) is 2. The summed E-state index contributed by atoms with van der Waals surface area (Å²) in [6.45, 7) is 3.95. The van der Waals surface area contributed by atoms with Gasteiger partial charge in [0.15, 0.2) is 0 Å². The van der Waals surface area contributed by atoms with Crippen LogP contribution in [0.5, 0.6) is 0 Å². The smallest absolute Gasteiger partial charge is 0.0776 e. The van der Waals surface area contributed by atoms with E-state index in [1.54, 1.807) is 0 Å². The van der Waals surface area contributed by atoms with E-state index in [4.69, 9.17) is 5.11 Å². The molecule has 1 aromatic rings. The van der Waals surface area contributed by atoms with Crippen LogP contribution in [0.3, 0.4) is 0 Å². The number of rotatable bonds is 4. The van der Waals surface area contributed by atoms with Gasteiger partial charge >= 0.3 is 0 Å². The first-order valence-electron chi connectivity index (χ1n) is 5.10. The highest BCUT2D eigenvalue weighted by atomic mass is 79.9. The summed E-state index contributed by atoms with van der Waals surface area (Å²) in [7, 11) is 0. The van der Waals surface area contributed by atoms with E-state index in [1.807, 2.05) is 12.1 Å². The van der Waals surface area contributed by atoms with E-state index in [0.717, 1.165) is 4.47 Å². The molecular weight excluding hydrogens is 256 g/mol. The summed E-state index contributed by atoms with van der Waals surface area (Å²) in [6, 6.07) is 6.07. The Bertz CT molecular complexity index is 325. The Balaban J connectivity index is 2.82. The average molecular weight is 273 g/mol. The molecule has 0 radical (unpaired) electrons. The van der Waals surface area contributed by atoms with Crippen molar-refractivity contribution >= 4 is 15.9 Å². The minimum atomic E-state index is -0.626. The Labute approximate surface area is 99.1 Å². The van der Waals surface area contributed by atoms with E-state index in [0.29, 0.717) is 6.42 Å². The number of benzene rings is 1. The SMILES string of the molecule is Cc1c(Br)cccc1C(C)CC(O)CO. The van der Waals surface area contributed by atoms with Crippen LogP contribution < -0.4 is 0 Å². The Morgan fingerprint density at radius 3 is 2.67 bits per heavy atom. The molecule has 0 bridgehead atoms. The van der Waals surface area contributed by atoms with E-state index in [9.17, 15) is 5.11 Å². The van der Waals surface area contributed by atoms with Crippen LogP contribution in [-0.2, 0) is 0 Å². The van der Waals surface area contributed by atoms with Crippen molar-refractivity contribution in [2.24, 2.45) is 0 Å². The number of hydrogen-bond acceptors (Lipinski definition) is 2. The summed E-state index contributed by atoms with van der Waals surface area (Å²) in [5.41, 5.74) is 2.42. The van der Waals surface area contributed by atoms with Crippen LogP contribution in [0.2, 0.25) is 0 Å². The van der Waals surface area contributed by atoms with Crippen molar-refractivity contribution in [1.82, 2.24) is 0 Å². The molecule has 0 aliphatic carbocycles. The number of aliphatic hydroxyl groups excluding tert-OH is 2. The fourth-order valence-electron chi connectivity index (χ4n) is 1.77. The molecule has 84 valence electrons. The third-order valence-corrected chi connectivity index (χ3v) is 3.54. The standard InChI is InChI=1S/C12H17BrO2/c1-8(6-10(15)7-14)11-4-3-5-12(13)9(11)2/h3-5,8,10,14-15H,6-7H2,1-2H3. The van der Waals surface area contributed by atoms with Crippen LogP contribution in [-0.4, -0.2) is 22.9 Å². The van der Waals surface area contributed by atoms with Crippen LogP contribution in [0.15, 0.2) is 22.7 Å². The maximum atomic E-state index is 9.39. The summed E-state index contributed by atoms with van der Waals surface area (Å²) in [5.74, 6) is 0.254. The largest absolute Gasteiger partial charge is 0.394 e. The molecule has 2 atom stereocenters. The molecule has 0 spiro atoms. The summed E-state index contributed by atoms with van der Waals surface area (Å²) in [5, 5.41) is 18.2. The fourth-order valence-corrected chi connectivity index (χ4v) is 2.15. The van der Waals surface area contributed by atoms with Gasteiger partial charge in [-0.15, -0.1) is 0 Å². The average Bonchev–Trinajstić information content (AvgIpc) is 2.21. The highest BCUT2D eigenvalue weighted by molar-refractivity contribution is 9.10. The second-order valence-electron chi connectivity index (χ2n) is 3.93. The van der Waals surface area contributed by atoms with Gasteiger partial charge in [-0.3, -0.25) is 0 Å². The van der Waals surface area contributed by atoms with Gasteiger partial charge in [-0.1, -0.05) is 35.0 Å². The van der Waals surface area contributed by atoms with Crippen molar-refractivity contribution in [2.75, 3.05) is 6.61 Å². The predicted octanol–water partition coefficient (Wildman–Crippen LogP) is 2.60. The summed E-state index contributed by atoms with van der Waals surface area (Å²) in [6.07, 6.45) is -0.0354. The second-order valence-corrected chi connectivity index (χ2v) is 4.78. The monoisotopic (exact) mass is 272 g/mol. The Kier molecular flexibility index (Phi) is 4.77. The fraction of sp³-hybridized carbons (Fsp3) is 0.500. The van der Waals surface area contributed by atoms with Crippen LogP contribution in [0.25, 0.3) is 0 Å². The molecule has 1 aromatic carbocycles. The zero-order chi connectivity index (χ0) is 11.4. The van der Waals surface area contributed by atoms with Crippen molar-refractivity contribution in [3.05, 3.63) is 33.8 Å². The molecule has 0 aromatic heterocycles. The van der Waals surface area contributed by atoms with E-state index < -0.39 is 6.10 Å². The quantitative estimate of drug-likeness (QED) is 0.885. The number of aliphatic hydroxyl groups is 2. The molecule has 0 saturated heterocycles. The molecule has 2 unspecified atom stereocenters. The van der Waals surface area contributed by atoms with Crippen molar-refractivity contribution in [3.63, 3.8) is 0 Å². The molecule has 0 fully saturated rings. The molecular formula is C12H17BrO2. The van der Waals surface area contributed by atoms with Crippen LogP contribution in [0, 0.1) is 6.92 Å². The van der Waals surface area contributed by atoms with Crippen molar-refractivity contribution in [2.45, 2.75) is 32.3 Å². The van der Waals surface area contributed by atoms with E-state index >= 15 is 0 Å². The van der Waals surface area contributed by atoms with Crippen LogP contribution in [0.4, 0.5) is 0 Å². The van der Waals surface area contributed by atoms with E-state index in [1.165, 1.54) is 11.1 Å². The number of halogens is 1. The second kappa shape index (κ2) is 5.64. The molecule has 1 rings (SSSR count). The van der Waals surface area contributed by atoms with Gasteiger partial charge in [0.2, 0.25) is 0 Å². The lowest BCUT2D eigenvalue weighted by molar-refractivity contribution is 0.0835. The maximum Gasteiger partial charge on any atom is 0.0776 e. The van der Waals surface area contributed by atoms with Crippen molar-refractivity contribution in [3.8, 4) is 0 Å². The lowest BCUT2D eigenvalue weighted by atomic mass is 9.92. The first-order valence-corrected chi connectivity index (χ1v) is 5.89. The Morgan fingerprint density at radius 1 is 1.40 bits per heavy atom. The third kappa shape index (κ3) is 3.30. The van der Waals surface area contributed by atoms with Gasteiger partial charge in [0, 0.05) is 4.47 Å². The molecule has 2 nitrogen and oxygen atoms in total. The Hall–Kier alpha value is -0.380. The highest BCUT2D eigenvalue weighted by Crippen LogP contribution is 2.28. The van der Waals surface area contributed by atoms with E-state index in [-0.39, 0.29) is 12.5 Å². The van der Waals surface area contributed by atoms with Crippen LogP contribution in [0.1, 0.15) is 30.4 Å². The zero-order valence-electron chi connectivity index (χ0n) is 9.07. The van der Waals surface area contributed by atoms with Gasteiger partial charge in [-0.25, -0.2) is 0 Å². The zero-order valence-corrected chi connectivity index (χ0v) is 10.7. The van der Waals surface area contributed by atoms with Crippen molar-refractivity contribution < 1.29 is 10.2 Å².